The van der Waals surface area contributed by atoms with Gasteiger partial charge in [0.05, 0.1) is 18.3 Å². The number of carbonyl (C=O) groups is 1. The Morgan fingerprint density at radius 3 is 2.39 bits per heavy atom. The molecule has 0 aliphatic carbocycles. The normalized spacial score (nSPS) is 23.0. The lowest BCUT2D eigenvalue weighted by Crippen LogP contribution is -2.58. The highest BCUT2D eigenvalue weighted by molar-refractivity contribution is 5.66. The maximum Gasteiger partial charge on any atom is 0.451 e. The lowest BCUT2D eigenvalue weighted by Gasteiger charge is -2.48. The molecule has 4 rings (SSSR count). The zero-order valence-corrected chi connectivity index (χ0v) is 19.6. The van der Waals surface area contributed by atoms with E-state index < -0.39 is 59.3 Å². The third kappa shape index (κ3) is 4.99. The first kappa shape index (κ1) is 26.1. The second kappa shape index (κ2) is 9.18. The number of rotatable bonds is 3. The lowest BCUT2D eigenvalue weighted by atomic mass is 9.88. The predicted octanol–water partition coefficient (Wildman–Crippen LogP) is 4.91. The Morgan fingerprint density at radius 2 is 1.78 bits per heavy atom. The van der Waals surface area contributed by atoms with Gasteiger partial charge < -0.3 is 9.84 Å². The van der Waals surface area contributed by atoms with Gasteiger partial charge in [-0.15, -0.1) is 0 Å². The van der Waals surface area contributed by atoms with Gasteiger partial charge in [-0.25, -0.2) is 27.9 Å². The molecule has 0 unspecified atom stereocenters. The van der Waals surface area contributed by atoms with Crippen LogP contribution in [-0.2, 0) is 24.0 Å². The second-order valence-corrected chi connectivity index (χ2v) is 9.89. The van der Waals surface area contributed by atoms with E-state index in [2.05, 4.69) is 9.97 Å². The van der Waals surface area contributed by atoms with E-state index in [0.717, 1.165) is 11.1 Å². The van der Waals surface area contributed by atoms with Crippen molar-refractivity contribution in [2.24, 2.45) is 0 Å². The molecule has 2 aliphatic rings. The summed E-state index contributed by atoms with van der Waals surface area (Å²) in [6.07, 6.45) is -6.05. The van der Waals surface area contributed by atoms with Crippen molar-refractivity contribution in [3.8, 4) is 0 Å². The van der Waals surface area contributed by atoms with Gasteiger partial charge in [-0.05, 0) is 33.3 Å². The van der Waals surface area contributed by atoms with Crippen molar-refractivity contribution in [3.05, 3.63) is 58.4 Å². The standard InChI is InChI=1S/C23H24F6N4O3/c1-22(2,3)33(21(34)35)18-4-12(10-36-19(18)13-5-15(25)16(26)6-14(13)24)32-8-11-7-30-20(23(27,28)29)31-17(11)9-32/h5-7,12,18-19H,4,8-10H2,1-3H3,(H,34,35)/t12-,18+,19-/m1/s1. The highest BCUT2D eigenvalue weighted by Crippen LogP contribution is 2.40. The smallest absolute Gasteiger partial charge is 0.451 e. The summed E-state index contributed by atoms with van der Waals surface area (Å²) >= 11 is 0. The first-order valence-electron chi connectivity index (χ1n) is 11.1. The molecule has 13 heteroatoms. The summed E-state index contributed by atoms with van der Waals surface area (Å²) in [6, 6.07) is -0.452. The minimum Gasteiger partial charge on any atom is -0.465 e. The van der Waals surface area contributed by atoms with Crippen molar-refractivity contribution >= 4 is 6.09 Å². The van der Waals surface area contributed by atoms with Crippen molar-refractivity contribution in [3.63, 3.8) is 0 Å². The fourth-order valence-electron chi connectivity index (χ4n) is 4.84. The van der Waals surface area contributed by atoms with E-state index in [-0.39, 0.29) is 37.4 Å². The van der Waals surface area contributed by atoms with Crippen molar-refractivity contribution in [2.75, 3.05) is 6.61 Å². The molecule has 0 saturated carbocycles. The van der Waals surface area contributed by atoms with Gasteiger partial charge in [-0.2, -0.15) is 13.2 Å². The number of benzene rings is 1. The van der Waals surface area contributed by atoms with Crippen molar-refractivity contribution in [2.45, 2.75) is 70.2 Å². The first-order chi connectivity index (χ1) is 16.7. The molecule has 7 nitrogen and oxygen atoms in total. The molecule has 1 saturated heterocycles. The van der Waals surface area contributed by atoms with Crippen LogP contribution in [0.5, 0.6) is 0 Å². The fraction of sp³-hybridized carbons (Fsp3) is 0.522. The van der Waals surface area contributed by atoms with Gasteiger partial charge in [0.2, 0.25) is 5.82 Å². The topological polar surface area (TPSA) is 78.8 Å². The van der Waals surface area contributed by atoms with Crippen molar-refractivity contribution in [1.29, 1.82) is 0 Å². The average Bonchev–Trinajstić information content (AvgIpc) is 3.18. The van der Waals surface area contributed by atoms with Crippen molar-refractivity contribution < 1.29 is 41.0 Å². The van der Waals surface area contributed by atoms with Gasteiger partial charge in [-0.1, -0.05) is 0 Å². The quantitative estimate of drug-likeness (QED) is 0.460. The monoisotopic (exact) mass is 518 g/mol. The highest BCUT2D eigenvalue weighted by atomic mass is 19.4. The van der Waals surface area contributed by atoms with Crippen LogP contribution in [-0.4, -0.2) is 55.2 Å². The Morgan fingerprint density at radius 1 is 1.11 bits per heavy atom. The van der Waals surface area contributed by atoms with E-state index >= 15 is 0 Å². The zero-order chi connectivity index (χ0) is 26.6. The first-order valence-corrected chi connectivity index (χ1v) is 11.1. The maximum absolute atomic E-state index is 14.7. The van der Waals surface area contributed by atoms with Crippen molar-refractivity contribution in [1.82, 2.24) is 19.8 Å². The van der Waals surface area contributed by atoms with Crippen LogP contribution in [0.25, 0.3) is 0 Å². The second-order valence-electron chi connectivity index (χ2n) is 9.89. The van der Waals surface area contributed by atoms with Gasteiger partial charge in [-0.3, -0.25) is 9.80 Å². The third-order valence-corrected chi connectivity index (χ3v) is 6.39. The molecule has 3 heterocycles. The molecule has 2 aliphatic heterocycles. The van der Waals surface area contributed by atoms with Crippen LogP contribution in [0.1, 0.15) is 55.9 Å². The molecule has 3 atom stereocenters. The summed E-state index contributed by atoms with van der Waals surface area (Å²) < 4.78 is 87.2. The van der Waals surface area contributed by atoms with Crippen LogP contribution >= 0.6 is 0 Å². The van der Waals surface area contributed by atoms with Gasteiger partial charge >= 0.3 is 12.3 Å². The Kier molecular flexibility index (Phi) is 6.67. The molecular weight excluding hydrogens is 494 g/mol. The van der Waals surface area contributed by atoms with E-state index in [9.17, 15) is 36.2 Å². The number of hydrogen-bond donors (Lipinski definition) is 1. The average molecular weight is 518 g/mol. The summed E-state index contributed by atoms with van der Waals surface area (Å²) in [4.78, 5) is 22.2. The molecule has 1 N–H and O–H groups in total. The van der Waals surface area contributed by atoms with Gasteiger partial charge in [0, 0.05) is 48.1 Å². The molecule has 0 bridgehead atoms. The van der Waals surface area contributed by atoms with Gasteiger partial charge in [0.1, 0.15) is 11.9 Å². The summed E-state index contributed by atoms with van der Waals surface area (Å²) in [7, 11) is 0. The SMILES string of the molecule is CC(C)(C)N(C(=O)O)[C@H]1C[C@@H](N2Cc3cnc(C(F)(F)F)nc3C2)CO[C@@H]1c1cc(F)c(F)cc1F. The summed E-state index contributed by atoms with van der Waals surface area (Å²) in [5.74, 6) is -5.02. The molecule has 1 amide bonds. The molecule has 1 aromatic carbocycles. The minimum atomic E-state index is -4.70. The van der Waals surface area contributed by atoms with Crippen LogP contribution in [0.15, 0.2) is 18.3 Å². The Labute approximate surface area is 202 Å². The number of amides is 1. The number of fused-ring (bicyclic) bond motifs is 1. The van der Waals surface area contributed by atoms with Crippen LogP contribution < -0.4 is 0 Å². The molecule has 2 aromatic rings. The zero-order valence-electron chi connectivity index (χ0n) is 19.6. The fourth-order valence-corrected chi connectivity index (χ4v) is 4.84. The van der Waals surface area contributed by atoms with Crippen LogP contribution in [0.3, 0.4) is 0 Å². The number of halogens is 6. The summed E-state index contributed by atoms with van der Waals surface area (Å²) in [6.45, 7) is 5.09. The Bertz CT molecular complexity index is 1170. The molecular formula is C23H24F6N4O3. The Balaban J connectivity index is 1.65. The van der Waals surface area contributed by atoms with Crippen LogP contribution in [0.2, 0.25) is 0 Å². The van der Waals surface area contributed by atoms with Gasteiger partial charge in [0.25, 0.3) is 0 Å². The predicted molar refractivity (Wildman–Crippen MR) is 113 cm³/mol. The van der Waals surface area contributed by atoms with Crippen LogP contribution in [0, 0.1) is 17.5 Å². The molecule has 0 spiro atoms. The number of ether oxygens (including phenoxy) is 1. The maximum atomic E-state index is 14.7. The molecule has 196 valence electrons. The number of alkyl halides is 3. The van der Waals surface area contributed by atoms with E-state index in [1.807, 2.05) is 0 Å². The van der Waals surface area contributed by atoms with E-state index in [1.165, 1.54) is 0 Å². The number of nitrogens with zero attached hydrogens (tertiary/aromatic N) is 4. The molecule has 0 radical (unpaired) electrons. The van der Waals surface area contributed by atoms with Gasteiger partial charge in [0.15, 0.2) is 11.6 Å². The van der Waals surface area contributed by atoms with E-state index in [1.54, 1.807) is 25.7 Å². The molecule has 1 aromatic heterocycles. The molecule has 1 fully saturated rings. The number of aromatic nitrogens is 2. The number of hydrogen-bond acceptors (Lipinski definition) is 5. The third-order valence-electron chi connectivity index (χ3n) is 6.39. The largest absolute Gasteiger partial charge is 0.465 e. The summed E-state index contributed by atoms with van der Waals surface area (Å²) in [5.41, 5.74) is -0.595. The number of carboxylic acid groups (broad SMARTS) is 1. The van der Waals surface area contributed by atoms with Crippen LogP contribution in [0.4, 0.5) is 31.1 Å². The lowest BCUT2D eigenvalue weighted by molar-refractivity contribution is -0.145. The Hall–Kier alpha value is -2.93. The minimum absolute atomic E-state index is 0.0501. The van der Waals surface area contributed by atoms with E-state index in [0.29, 0.717) is 17.7 Å². The summed E-state index contributed by atoms with van der Waals surface area (Å²) in [5, 5.41) is 10.00. The van der Waals surface area contributed by atoms with E-state index in [4.69, 9.17) is 4.74 Å². The molecule has 36 heavy (non-hydrogen) atoms. The highest BCUT2D eigenvalue weighted by Gasteiger charge is 2.46.